The first kappa shape index (κ1) is 15.8. The summed E-state index contributed by atoms with van der Waals surface area (Å²) in [7, 11) is 3.29. The van der Waals surface area contributed by atoms with Gasteiger partial charge < -0.3 is 25.2 Å². The van der Waals surface area contributed by atoms with Gasteiger partial charge in [0.25, 0.3) is 0 Å². The van der Waals surface area contributed by atoms with Crippen LogP contribution in [-0.2, 0) is 6.54 Å². The van der Waals surface area contributed by atoms with E-state index in [4.69, 9.17) is 14.6 Å². The van der Waals surface area contributed by atoms with Crippen molar-refractivity contribution < 1.29 is 14.6 Å². The van der Waals surface area contributed by atoms with Crippen molar-refractivity contribution in [3.05, 3.63) is 23.8 Å². The van der Waals surface area contributed by atoms with E-state index in [-0.39, 0.29) is 6.61 Å². The van der Waals surface area contributed by atoms with Gasteiger partial charge in [-0.25, -0.2) is 0 Å². The summed E-state index contributed by atoms with van der Waals surface area (Å²) in [5, 5.41) is 15.1. The predicted molar refractivity (Wildman–Crippen MR) is 75.8 cm³/mol. The van der Waals surface area contributed by atoms with Gasteiger partial charge in [0.15, 0.2) is 11.5 Å². The van der Waals surface area contributed by atoms with Crippen molar-refractivity contribution >= 4 is 0 Å². The fourth-order valence-electron chi connectivity index (χ4n) is 1.86. The van der Waals surface area contributed by atoms with Crippen molar-refractivity contribution in [3.8, 4) is 11.5 Å². The molecule has 0 radical (unpaired) electrons. The van der Waals surface area contributed by atoms with Crippen LogP contribution in [0.2, 0.25) is 0 Å². The molecule has 0 aliphatic heterocycles. The highest BCUT2D eigenvalue weighted by Gasteiger charge is 2.08. The molecule has 0 spiro atoms. The van der Waals surface area contributed by atoms with Gasteiger partial charge in [-0.05, 0) is 25.6 Å². The number of hydrogen-bond acceptors (Lipinski definition) is 5. The molecule has 0 heterocycles. The maximum atomic E-state index is 8.62. The third-order valence-corrected chi connectivity index (χ3v) is 2.80. The van der Waals surface area contributed by atoms with Gasteiger partial charge in [0.05, 0.1) is 20.8 Å². The van der Waals surface area contributed by atoms with Gasteiger partial charge in [0, 0.05) is 18.7 Å². The molecule has 0 aromatic heterocycles. The Hall–Kier alpha value is -1.30. The SMILES string of the molecule is COc1cccc(CNCCCNCCO)c1OC. The van der Waals surface area contributed by atoms with E-state index in [2.05, 4.69) is 10.6 Å². The largest absolute Gasteiger partial charge is 0.493 e. The monoisotopic (exact) mass is 268 g/mol. The lowest BCUT2D eigenvalue weighted by molar-refractivity contribution is 0.292. The molecule has 1 aromatic carbocycles. The van der Waals surface area contributed by atoms with Crippen LogP contribution in [0, 0.1) is 0 Å². The van der Waals surface area contributed by atoms with Crippen molar-refractivity contribution in [2.24, 2.45) is 0 Å². The quantitative estimate of drug-likeness (QED) is 0.547. The first-order valence-electron chi connectivity index (χ1n) is 6.55. The van der Waals surface area contributed by atoms with Crippen LogP contribution in [0.15, 0.2) is 18.2 Å². The van der Waals surface area contributed by atoms with Crippen molar-refractivity contribution in [1.29, 1.82) is 0 Å². The van der Waals surface area contributed by atoms with Crippen molar-refractivity contribution in [2.75, 3.05) is 40.5 Å². The summed E-state index contributed by atoms with van der Waals surface area (Å²) in [5.41, 5.74) is 1.09. The van der Waals surface area contributed by atoms with Crippen LogP contribution in [0.4, 0.5) is 0 Å². The van der Waals surface area contributed by atoms with Gasteiger partial charge in [-0.1, -0.05) is 12.1 Å². The van der Waals surface area contributed by atoms with Gasteiger partial charge in [0.2, 0.25) is 0 Å². The summed E-state index contributed by atoms with van der Waals surface area (Å²) in [4.78, 5) is 0. The molecule has 0 saturated carbocycles. The number of aliphatic hydroxyl groups is 1. The minimum Gasteiger partial charge on any atom is -0.493 e. The standard InChI is InChI=1S/C14H24N2O3/c1-18-13-6-3-5-12(14(13)19-2)11-16-8-4-7-15-9-10-17/h3,5-6,15-17H,4,7-11H2,1-2H3. The molecule has 5 heteroatoms. The summed E-state index contributed by atoms with van der Waals surface area (Å²) in [6.45, 7) is 3.42. The number of methoxy groups -OCH3 is 2. The summed E-state index contributed by atoms with van der Waals surface area (Å²) in [6.07, 6.45) is 1.02. The molecule has 5 nitrogen and oxygen atoms in total. The molecule has 0 atom stereocenters. The Balaban J connectivity index is 2.33. The van der Waals surface area contributed by atoms with Gasteiger partial charge >= 0.3 is 0 Å². The number of ether oxygens (including phenoxy) is 2. The van der Waals surface area contributed by atoms with Gasteiger partial charge in [-0.3, -0.25) is 0 Å². The van der Waals surface area contributed by atoms with Gasteiger partial charge in [-0.2, -0.15) is 0 Å². The Bertz CT molecular complexity index is 359. The van der Waals surface area contributed by atoms with Crippen LogP contribution >= 0.6 is 0 Å². The Morgan fingerprint density at radius 1 is 1.05 bits per heavy atom. The predicted octanol–water partition coefficient (Wildman–Crippen LogP) is 0.765. The Kier molecular flexibility index (Phi) is 7.97. The highest BCUT2D eigenvalue weighted by atomic mass is 16.5. The highest BCUT2D eigenvalue weighted by molar-refractivity contribution is 5.46. The third-order valence-electron chi connectivity index (χ3n) is 2.80. The lowest BCUT2D eigenvalue weighted by atomic mass is 10.2. The minimum absolute atomic E-state index is 0.189. The number of aliphatic hydroxyl groups excluding tert-OH is 1. The van der Waals surface area contributed by atoms with Crippen molar-refractivity contribution in [3.63, 3.8) is 0 Å². The molecular formula is C14H24N2O3. The number of benzene rings is 1. The number of para-hydroxylation sites is 1. The van der Waals surface area contributed by atoms with Crippen molar-refractivity contribution in [1.82, 2.24) is 10.6 Å². The first-order chi connectivity index (χ1) is 9.33. The Labute approximate surface area is 114 Å². The van der Waals surface area contributed by atoms with Crippen LogP contribution in [0.1, 0.15) is 12.0 Å². The lowest BCUT2D eigenvalue weighted by Gasteiger charge is -2.13. The average molecular weight is 268 g/mol. The van der Waals surface area contributed by atoms with Gasteiger partial charge in [0.1, 0.15) is 0 Å². The minimum atomic E-state index is 0.189. The maximum absolute atomic E-state index is 8.62. The Morgan fingerprint density at radius 3 is 2.53 bits per heavy atom. The number of rotatable bonds is 10. The molecule has 0 unspecified atom stereocenters. The number of nitrogens with one attached hydrogen (secondary N) is 2. The van der Waals surface area contributed by atoms with E-state index in [0.717, 1.165) is 43.1 Å². The second-order valence-electron chi connectivity index (χ2n) is 4.16. The second kappa shape index (κ2) is 9.61. The van der Waals surface area contributed by atoms with E-state index in [0.29, 0.717) is 6.54 Å². The van der Waals surface area contributed by atoms with Gasteiger partial charge in [-0.15, -0.1) is 0 Å². The topological polar surface area (TPSA) is 62.8 Å². The zero-order valence-corrected chi connectivity index (χ0v) is 11.7. The second-order valence-corrected chi connectivity index (χ2v) is 4.16. The maximum Gasteiger partial charge on any atom is 0.165 e. The molecule has 1 rings (SSSR count). The molecule has 19 heavy (non-hydrogen) atoms. The van der Waals surface area contributed by atoms with E-state index in [9.17, 15) is 0 Å². The van der Waals surface area contributed by atoms with Crippen LogP contribution < -0.4 is 20.1 Å². The molecule has 0 saturated heterocycles. The van der Waals surface area contributed by atoms with E-state index in [1.807, 2.05) is 18.2 Å². The highest BCUT2D eigenvalue weighted by Crippen LogP contribution is 2.30. The summed E-state index contributed by atoms with van der Waals surface area (Å²) < 4.78 is 10.6. The molecule has 0 aliphatic carbocycles. The molecule has 0 bridgehead atoms. The summed E-state index contributed by atoms with van der Waals surface area (Å²) >= 11 is 0. The zero-order chi connectivity index (χ0) is 13.9. The molecule has 0 amide bonds. The fraction of sp³-hybridized carbons (Fsp3) is 0.571. The first-order valence-corrected chi connectivity index (χ1v) is 6.55. The van der Waals surface area contributed by atoms with E-state index >= 15 is 0 Å². The van der Waals surface area contributed by atoms with E-state index < -0.39 is 0 Å². The molecule has 0 aliphatic rings. The van der Waals surface area contributed by atoms with E-state index in [1.54, 1.807) is 14.2 Å². The normalized spacial score (nSPS) is 10.5. The van der Waals surface area contributed by atoms with Crippen LogP contribution in [-0.4, -0.2) is 45.6 Å². The van der Waals surface area contributed by atoms with E-state index in [1.165, 1.54) is 0 Å². The smallest absolute Gasteiger partial charge is 0.165 e. The zero-order valence-electron chi connectivity index (χ0n) is 11.7. The third kappa shape index (κ3) is 5.46. The molecule has 3 N–H and O–H groups in total. The van der Waals surface area contributed by atoms with Crippen LogP contribution in [0.25, 0.3) is 0 Å². The van der Waals surface area contributed by atoms with Crippen LogP contribution in [0.3, 0.4) is 0 Å². The summed E-state index contributed by atoms with van der Waals surface area (Å²) in [6, 6.07) is 5.88. The molecule has 108 valence electrons. The molecule has 0 fully saturated rings. The Morgan fingerprint density at radius 2 is 1.84 bits per heavy atom. The fourth-order valence-corrected chi connectivity index (χ4v) is 1.86. The number of hydrogen-bond donors (Lipinski definition) is 3. The van der Waals surface area contributed by atoms with Crippen LogP contribution in [0.5, 0.6) is 11.5 Å². The average Bonchev–Trinajstić information content (AvgIpc) is 2.45. The lowest BCUT2D eigenvalue weighted by Crippen LogP contribution is -2.24. The van der Waals surface area contributed by atoms with Crippen molar-refractivity contribution in [2.45, 2.75) is 13.0 Å². The molecule has 1 aromatic rings. The summed E-state index contributed by atoms with van der Waals surface area (Å²) in [5.74, 6) is 1.54. The molecular weight excluding hydrogens is 244 g/mol.